The first-order valence-corrected chi connectivity index (χ1v) is 8.05. The summed E-state index contributed by atoms with van der Waals surface area (Å²) in [5.41, 5.74) is 4.34. The molecule has 21 heavy (non-hydrogen) atoms. The van der Waals surface area contributed by atoms with E-state index in [2.05, 4.69) is 43.3 Å². The Balaban J connectivity index is 1.87. The number of hydrogen-bond donors (Lipinski definition) is 1. The Morgan fingerprint density at radius 1 is 0.905 bits per heavy atom. The molecular weight excluding hydrogens is 256 g/mol. The van der Waals surface area contributed by atoms with Gasteiger partial charge in [-0.15, -0.1) is 0 Å². The average molecular weight is 278 g/mol. The lowest BCUT2D eigenvalue weighted by Crippen LogP contribution is -2.33. The van der Waals surface area contributed by atoms with Gasteiger partial charge in [0.2, 0.25) is 0 Å². The predicted molar refractivity (Wildman–Crippen MR) is 85.5 cm³/mol. The number of phenols is 1. The number of aromatic hydroxyl groups is 1. The number of fused-ring (bicyclic) bond motifs is 2. The van der Waals surface area contributed by atoms with Gasteiger partial charge in [-0.2, -0.15) is 0 Å². The fourth-order valence-corrected chi connectivity index (χ4v) is 4.81. The minimum absolute atomic E-state index is 0.171. The number of benzene rings is 2. The summed E-state index contributed by atoms with van der Waals surface area (Å²) in [6.45, 7) is 2.15. The fourth-order valence-electron chi connectivity index (χ4n) is 4.81. The van der Waals surface area contributed by atoms with E-state index in [9.17, 15) is 5.11 Å². The minimum Gasteiger partial charge on any atom is -0.508 e. The van der Waals surface area contributed by atoms with Gasteiger partial charge in [0.05, 0.1) is 0 Å². The molecule has 108 valence electrons. The van der Waals surface area contributed by atoms with E-state index < -0.39 is 0 Å². The molecule has 0 aromatic heterocycles. The second-order valence-corrected chi connectivity index (χ2v) is 6.96. The van der Waals surface area contributed by atoms with Crippen molar-refractivity contribution in [1.82, 2.24) is 0 Å². The SMILES string of the molecule is Cc1ccc([C@]2(c3ccc(O)cc3)CC3CC[C@@H]2C3)cc1. The van der Waals surface area contributed by atoms with Crippen LogP contribution in [0.5, 0.6) is 5.75 Å². The molecule has 1 heteroatoms. The maximum atomic E-state index is 9.62. The molecular formula is C20H22O. The number of hydrogen-bond acceptors (Lipinski definition) is 1. The van der Waals surface area contributed by atoms with Gasteiger partial charge in [-0.25, -0.2) is 0 Å². The van der Waals surface area contributed by atoms with Crippen molar-refractivity contribution < 1.29 is 5.11 Å². The van der Waals surface area contributed by atoms with Crippen LogP contribution in [0.15, 0.2) is 48.5 Å². The van der Waals surface area contributed by atoms with Crippen molar-refractivity contribution in [2.24, 2.45) is 11.8 Å². The highest BCUT2D eigenvalue weighted by Crippen LogP contribution is 2.60. The molecule has 0 radical (unpaired) electrons. The summed E-state index contributed by atoms with van der Waals surface area (Å²) in [5, 5.41) is 9.62. The Labute approximate surface area is 126 Å². The zero-order valence-electron chi connectivity index (χ0n) is 12.5. The van der Waals surface area contributed by atoms with Gasteiger partial charge in [-0.3, -0.25) is 0 Å². The minimum atomic E-state index is 0.171. The maximum Gasteiger partial charge on any atom is 0.115 e. The van der Waals surface area contributed by atoms with E-state index in [1.165, 1.54) is 42.4 Å². The molecule has 0 saturated heterocycles. The quantitative estimate of drug-likeness (QED) is 0.836. The standard InChI is InChI=1S/C20H22O/c1-14-2-5-16(6-3-14)20(13-15-4-7-18(20)12-15)17-8-10-19(21)11-9-17/h2-3,5-6,8-11,15,18,21H,4,7,12-13H2,1H3/t15?,18-,20+/m1/s1. The highest BCUT2D eigenvalue weighted by atomic mass is 16.3. The summed E-state index contributed by atoms with van der Waals surface area (Å²) in [6, 6.07) is 17.1. The molecule has 0 heterocycles. The topological polar surface area (TPSA) is 20.2 Å². The molecule has 1 N–H and O–H groups in total. The summed E-state index contributed by atoms with van der Waals surface area (Å²) >= 11 is 0. The summed E-state index contributed by atoms with van der Waals surface area (Å²) in [6.07, 6.45) is 5.38. The first kappa shape index (κ1) is 12.9. The molecule has 2 aliphatic rings. The van der Waals surface area contributed by atoms with Crippen LogP contribution in [0.1, 0.15) is 42.4 Å². The molecule has 1 unspecified atom stereocenters. The summed E-state index contributed by atoms with van der Waals surface area (Å²) < 4.78 is 0. The Morgan fingerprint density at radius 2 is 1.52 bits per heavy atom. The highest BCUT2D eigenvalue weighted by molar-refractivity contribution is 5.45. The Bertz CT molecular complexity index is 593. The lowest BCUT2D eigenvalue weighted by molar-refractivity contribution is 0.320. The highest BCUT2D eigenvalue weighted by Gasteiger charge is 2.52. The second kappa shape index (κ2) is 4.62. The molecule has 0 amide bonds. The summed E-state index contributed by atoms with van der Waals surface area (Å²) in [5.74, 6) is 2.00. The lowest BCUT2D eigenvalue weighted by atomic mass is 9.64. The largest absolute Gasteiger partial charge is 0.508 e. The summed E-state index contributed by atoms with van der Waals surface area (Å²) in [7, 11) is 0. The van der Waals surface area contributed by atoms with Crippen LogP contribution in [0, 0.1) is 18.8 Å². The average Bonchev–Trinajstić information content (AvgIpc) is 3.10. The van der Waals surface area contributed by atoms with Gasteiger partial charge in [0.1, 0.15) is 5.75 Å². The van der Waals surface area contributed by atoms with Crippen molar-refractivity contribution in [3.05, 3.63) is 65.2 Å². The number of rotatable bonds is 2. The normalized spacial score (nSPS) is 30.7. The molecule has 2 fully saturated rings. The maximum absolute atomic E-state index is 9.62. The second-order valence-electron chi connectivity index (χ2n) is 6.96. The first-order valence-electron chi connectivity index (χ1n) is 8.05. The number of aryl methyl sites for hydroxylation is 1. The molecule has 2 saturated carbocycles. The Hall–Kier alpha value is -1.76. The third kappa shape index (κ3) is 1.91. The van der Waals surface area contributed by atoms with Crippen molar-refractivity contribution >= 4 is 0 Å². The smallest absolute Gasteiger partial charge is 0.115 e. The van der Waals surface area contributed by atoms with Crippen molar-refractivity contribution in [3.63, 3.8) is 0 Å². The van der Waals surface area contributed by atoms with Crippen molar-refractivity contribution in [3.8, 4) is 5.75 Å². The van der Waals surface area contributed by atoms with Crippen LogP contribution in [0.3, 0.4) is 0 Å². The van der Waals surface area contributed by atoms with Crippen molar-refractivity contribution in [2.75, 3.05) is 0 Å². The molecule has 2 aromatic carbocycles. The first-order chi connectivity index (χ1) is 10.2. The zero-order valence-corrected chi connectivity index (χ0v) is 12.5. The molecule has 3 atom stereocenters. The van der Waals surface area contributed by atoms with Crippen LogP contribution in [0.2, 0.25) is 0 Å². The van der Waals surface area contributed by atoms with E-state index >= 15 is 0 Å². The van der Waals surface area contributed by atoms with E-state index in [0.29, 0.717) is 5.75 Å². The molecule has 2 aliphatic carbocycles. The van der Waals surface area contributed by atoms with Gasteiger partial charge in [-0.05, 0) is 61.3 Å². The Kier molecular flexibility index (Phi) is 2.85. The third-order valence-corrected chi connectivity index (χ3v) is 5.80. The van der Waals surface area contributed by atoms with Crippen LogP contribution in [-0.4, -0.2) is 5.11 Å². The van der Waals surface area contributed by atoms with Crippen LogP contribution >= 0.6 is 0 Å². The van der Waals surface area contributed by atoms with Gasteiger partial charge < -0.3 is 5.11 Å². The fraction of sp³-hybridized carbons (Fsp3) is 0.400. The van der Waals surface area contributed by atoms with E-state index in [4.69, 9.17) is 0 Å². The molecule has 1 nitrogen and oxygen atoms in total. The van der Waals surface area contributed by atoms with Gasteiger partial charge in [0.15, 0.2) is 0 Å². The molecule has 0 spiro atoms. The van der Waals surface area contributed by atoms with Crippen LogP contribution < -0.4 is 0 Å². The van der Waals surface area contributed by atoms with E-state index in [-0.39, 0.29) is 5.41 Å². The molecule has 2 bridgehead atoms. The molecule has 0 aliphatic heterocycles. The molecule has 2 aromatic rings. The molecule has 4 rings (SSSR count). The monoisotopic (exact) mass is 278 g/mol. The Morgan fingerprint density at radius 3 is 2.05 bits per heavy atom. The van der Waals surface area contributed by atoms with Crippen molar-refractivity contribution in [1.29, 1.82) is 0 Å². The van der Waals surface area contributed by atoms with Crippen LogP contribution in [-0.2, 0) is 5.41 Å². The van der Waals surface area contributed by atoms with Crippen molar-refractivity contribution in [2.45, 2.75) is 38.0 Å². The van der Waals surface area contributed by atoms with Gasteiger partial charge in [-0.1, -0.05) is 48.4 Å². The number of phenolic OH excluding ortho intramolecular Hbond substituents is 1. The van der Waals surface area contributed by atoms with E-state index in [1.807, 2.05) is 12.1 Å². The van der Waals surface area contributed by atoms with Gasteiger partial charge >= 0.3 is 0 Å². The lowest BCUT2D eigenvalue weighted by Gasteiger charge is -2.39. The van der Waals surface area contributed by atoms with E-state index in [0.717, 1.165) is 11.8 Å². The van der Waals surface area contributed by atoms with Gasteiger partial charge in [0.25, 0.3) is 0 Å². The predicted octanol–water partition coefficient (Wildman–Crippen LogP) is 4.81. The zero-order chi connectivity index (χ0) is 14.4. The third-order valence-electron chi connectivity index (χ3n) is 5.80. The summed E-state index contributed by atoms with van der Waals surface area (Å²) in [4.78, 5) is 0. The van der Waals surface area contributed by atoms with E-state index in [1.54, 1.807) is 0 Å². The van der Waals surface area contributed by atoms with Gasteiger partial charge in [0, 0.05) is 5.41 Å². The van der Waals surface area contributed by atoms with Crippen LogP contribution in [0.25, 0.3) is 0 Å². The van der Waals surface area contributed by atoms with Crippen LogP contribution in [0.4, 0.5) is 0 Å².